The minimum atomic E-state index is -0.416. The van der Waals surface area contributed by atoms with Gasteiger partial charge in [0.15, 0.2) is 5.76 Å². The Morgan fingerprint density at radius 2 is 2.29 bits per heavy atom. The molecular weight excluding hydrogens is 326 g/mol. The van der Waals surface area contributed by atoms with E-state index >= 15 is 0 Å². The molecule has 1 aliphatic carbocycles. The lowest BCUT2D eigenvalue weighted by molar-refractivity contribution is -0.147. The Morgan fingerprint density at radius 1 is 1.42 bits per heavy atom. The molecule has 5 nitrogen and oxygen atoms in total. The molecule has 0 spiro atoms. The van der Waals surface area contributed by atoms with Crippen LogP contribution in [0.5, 0.6) is 0 Å². The van der Waals surface area contributed by atoms with Crippen molar-refractivity contribution in [2.24, 2.45) is 0 Å². The van der Waals surface area contributed by atoms with Crippen molar-refractivity contribution in [1.29, 1.82) is 0 Å². The summed E-state index contributed by atoms with van der Waals surface area (Å²) in [6, 6.07) is 2.37. The average molecular weight is 351 g/mol. The molecule has 0 bridgehead atoms. The molecule has 2 heterocycles. The highest BCUT2D eigenvalue weighted by Gasteiger charge is 2.30. The second-order valence-corrected chi connectivity index (χ2v) is 7.16. The molecule has 0 aromatic carbocycles. The van der Waals surface area contributed by atoms with Gasteiger partial charge in [0.05, 0.1) is 6.61 Å². The summed E-state index contributed by atoms with van der Waals surface area (Å²) in [5, 5.41) is 16.0. The predicted octanol–water partition coefficient (Wildman–Crippen LogP) is 2.92. The maximum absolute atomic E-state index is 12.4. The van der Waals surface area contributed by atoms with Crippen LogP contribution in [0.4, 0.5) is 0 Å². The van der Waals surface area contributed by atoms with Crippen molar-refractivity contribution >= 4 is 17.2 Å². The van der Waals surface area contributed by atoms with Crippen LogP contribution in [0.15, 0.2) is 28.7 Å². The van der Waals surface area contributed by atoms with Crippen molar-refractivity contribution in [3.63, 3.8) is 0 Å². The molecule has 6 heteroatoms. The van der Waals surface area contributed by atoms with Gasteiger partial charge in [0, 0.05) is 25.0 Å². The highest BCUT2D eigenvalue weighted by Crippen LogP contribution is 2.33. The van der Waals surface area contributed by atoms with Crippen LogP contribution >= 0.6 is 11.3 Å². The number of hydrogen-bond donors (Lipinski definition) is 2. The zero-order valence-corrected chi connectivity index (χ0v) is 14.6. The largest absolute Gasteiger partial charge is 0.459 e. The first-order valence-electron chi connectivity index (χ1n) is 8.70. The van der Waals surface area contributed by atoms with Crippen molar-refractivity contribution in [2.45, 2.75) is 56.8 Å². The monoisotopic (exact) mass is 351 g/mol. The molecule has 1 aliphatic heterocycles. The van der Waals surface area contributed by atoms with Crippen molar-refractivity contribution in [3.05, 3.63) is 34.2 Å². The van der Waals surface area contributed by atoms with Crippen molar-refractivity contribution < 1.29 is 19.4 Å². The van der Waals surface area contributed by atoms with Crippen LogP contribution in [0, 0.1) is 0 Å². The zero-order chi connectivity index (χ0) is 16.8. The van der Waals surface area contributed by atoms with Gasteiger partial charge in [0.25, 0.3) is 5.91 Å². The van der Waals surface area contributed by atoms with Gasteiger partial charge in [0.2, 0.25) is 6.29 Å². The third-order valence-corrected chi connectivity index (χ3v) is 5.25. The van der Waals surface area contributed by atoms with Crippen molar-refractivity contribution in [1.82, 2.24) is 5.32 Å². The van der Waals surface area contributed by atoms with E-state index in [1.807, 2.05) is 11.5 Å². The Morgan fingerprint density at radius 3 is 2.96 bits per heavy atom. The standard InChI is InChI=1S/C18H25NO4S/c20-7-1-2-8-22-17-11-14(13-6-9-24-12-13)10-16(23-17)18(21)19-15-4-3-5-15/h6,9-10,12,14-15,17,20H,1-5,7-8,11H2,(H,19,21)/t14-,17+/m1/s1. The normalized spacial score (nSPS) is 24.0. The Bertz CT molecular complexity index is 553. The van der Waals surface area contributed by atoms with Crippen LogP contribution < -0.4 is 5.32 Å². The zero-order valence-electron chi connectivity index (χ0n) is 13.8. The van der Waals surface area contributed by atoms with E-state index < -0.39 is 6.29 Å². The fourth-order valence-electron chi connectivity index (χ4n) is 2.87. The van der Waals surface area contributed by atoms with Gasteiger partial charge in [-0.1, -0.05) is 0 Å². The number of unbranched alkanes of at least 4 members (excludes halogenated alkanes) is 1. The van der Waals surface area contributed by atoms with Crippen LogP contribution in [0.25, 0.3) is 0 Å². The number of hydrogen-bond acceptors (Lipinski definition) is 5. The van der Waals surface area contributed by atoms with E-state index in [4.69, 9.17) is 14.6 Å². The second kappa shape index (κ2) is 8.65. The minimum Gasteiger partial charge on any atom is -0.459 e. The molecule has 1 aromatic heterocycles. The van der Waals surface area contributed by atoms with Crippen LogP contribution in [-0.2, 0) is 14.3 Å². The molecule has 1 fully saturated rings. The second-order valence-electron chi connectivity index (χ2n) is 6.38. The molecule has 0 saturated heterocycles. The van der Waals surface area contributed by atoms with Gasteiger partial charge in [-0.3, -0.25) is 4.79 Å². The van der Waals surface area contributed by atoms with Gasteiger partial charge < -0.3 is 19.9 Å². The van der Waals surface area contributed by atoms with Gasteiger partial charge in [-0.05, 0) is 60.6 Å². The maximum Gasteiger partial charge on any atom is 0.286 e. The number of nitrogens with one attached hydrogen (secondary N) is 1. The summed E-state index contributed by atoms with van der Waals surface area (Å²) < 4.78 is 11.6. The molecule has 1 amide bonds. The van der Waals surface area contributed by atoms with E-state index in [-0.39, 0.29) is 24.5 Å². The number of amides is 1. The number of thiophene rings is 1. The van der Waals surface area contributed by atoms with Crippen LogP contribution in [-0.4, -0.2) is 36.6 Å². The van der Waals surface area contributed by atoms with E-state index in [1.54, 1.807) is 11.3 Å². The van der Waals surface area contributed by atoms with E-state index in [2.05, 4.69) is 16.8 Å². The molecule has 0 unspecified atom stereocenters. The number of carbonyl (C=O) groups is 1. The fourth-order valence-corrected chi connectivity index (χ4v) is 3.60. The number of aliphatic hydroxyl groups excluding tert-OH is 1. The highest BCUT2D eigenvalue weighted by atomic mass is 32.1. The number of ether oxygens (including phenoxy) is 2. The van der Waals surface area contributed by atoms with Gasteiger partial charge in [-0.2, -0.15) is 11.3 Å². The molecule has 0 radical (unpaired) electrons. The first-order chi connectivity index (χ1) is 11.8. The van der Waals surface area contributed by atoms with E-state index in [1.165, 1.54) is 12.0 Å². The number of allylic oxidation sites excluding steroid dienone is 1. The first-order valence-corrected chi connectivity index (χ1v) is 9.64. The summed E-state index contributed by atoms with van der Waals surface area (Å²) in [4.78, 5) is 12.4. The smallest absolute Gasteiger partial charge is 0.286 e. The molecule has 1 aromatic rings. The Hall–Kier alpha value is -1.37. The molecule has 1 saturated carbocycles. The summed E-state index contributed by atoms with van der Waals surface area (Å²) in [6.45, 7) is 0.695. The predicted molar refractivity (Wildman–Crippen MR) is 92.7 cm³/mol. The number of carbonyl (C=O) groups excluding carboxylic acids is 1. The lowest BCUT2D eigenvalue weighted by atomic mass is 9.92. The number of rotatable bonds is 8. The third kappa shape index (κ3) is 4.59. The van der Waals surface area contributed by atoms with Gasteiger partial charge in [-0.15, -0.1) is 0 Å². The van der Waals surface area contributed by atoms with Gasteiger partial charge >= 0.3 is 0 Å². The molecule has 24 heavy (non-hydrogen) atoms. The molecule has 2 N–H and O–H groups in total. The Labute approximate surface area is 146 Å². The molecule has 132 valence electrons. The molecule has 3 rings (SSSR count). The SMILES string of the molecule is O=C(NC1CCC1)C1=C[C@@H](c2ccsc2)C[C@@H](OCCCCO)O1. The maximum atomic E-state index is 12.4. The minimum absolute atomic E-state index is 0.134. The Kier molecular flexibility index (Phi) is 6.29. The third-order valence-electron chi connectivity index (χ3n) is 4.55. The quantitative estimate of drug-likeness (QED) is 0.707. The van der Waals surface area contributed by atoms with Crippen LogP contribution in [0.1, 0.15) is 50.0 Å². The lowest BCUT2D eigenvalue weighted by Gasteiger charge is -2.31. The summed E-state index contributed by atoms with van der Waals surface area (Å²) in [5.41, 5.74) is 1.20. The van der Waals surface area contributed by atoms with E-state index in [0.717, 1.165) is 19.3 Å². The summed E-state index contributed by atoms with van der Waals surface area (Å²) in [5.74, 6) is 0.370. The first kappa shape index (κ1) is 17.5. The summed E-state index contributed by atoms with van der Waals surface area (Å²) in [7, 11) is 0. The van der Waals surface area contributed by atoms with Gasteiger partial charge in [-0.25, -0.2) is 0 Å². The summed E-state index contributed by atoms with van der Waals surface area (Å²) >= 11 is 1.65. The Balaban J connectivity index is 1.63. The highest BCUT2D eigenvalue weighted by molar-refractivity contribution is 7.08. The molecular formula is C18H25NO4S. The van der Waals surface area contributed by atoms with Crippen molar-refractivity contribution in [3.8, 4) is 0 Å². The van der Waals surface area contributed by atoms with Crippen LogP contribution in [0.3, 0.4) is 0 Å². The van der Waals surface area contributed by atoms with Gasteiger partial charge in [0.1, 0.15) is 0 Å². The lowest BCUT2D eigenvalue weighted by Crippen LogP contribution is -2.42. The summed E-state index contributed by atoms with van der Waals surface area (Å²) in [6.07, 6.45) is 6.99. The topological polar surface area (TPSA) is 67.8 Å². The van der Waals surface area contributed by atoms with E-state index in [9.17, 15) is 4.79 Å². The molecule has 2 aliphatic rings. The number of aliphatic hydroxyl groups is 1. The van der Waals surface area contributed by atoms with Crippen molar-refractivity contribution in [2.75, 3.05) is 13.2 Å². The average Bonchev–Trinajstić information content (AvgIpc) is 3.09. The fraction of sp³-hybridized carbons (Fsp3) is 0.611. The molecule has 2 atom stereocenters. The van der Waals surface area contributed by atoms with E-state index in [0.29, 0.717) is 25.2 Å². The van der Waals surface area contributed by atoms with Crippen LogP contribution in [0.2, 0.25) is 0 Å².